The molecule has 0 spiro atoms. The number of carbonyl (C=O) groups is 2. The molecule has 10 rings (SSSR count). The zero-order valence-electron chi connectivity index (χ0n) is 26.1. The van der Waals surface area contributed by atoms with Crippen LogP contribution >= 0.6 is 11.3 Å². The standard InChI is InChI=1S/C37H36N6O3S/c44-34(41-36-39-30-6-1-2-7-31(30)47-36)28-5-3-4-25-10-11-42(20-29(25)28)32-9-8-27(33(40-32)35(45)46)26-18-38-43(19-26)21-37-15-22-12-23(16-37)14-24(13-22)17-37/h1-9,18-19,22-24H,10-17,20-21H2,(H,45,46)(H,39,41,44). The smallest absolute Gasteiger partial charge is 0.355 e. The first-order valence-electron chi connectivity index (χ1n) is 16.7. The molecule has 3 aromatic heterocycles. The van der Waals surface area contributed by atoms with E-state index in [4.69, 9.17) is 5.10 Å². The van der Waals surface area contributed by atoms with Gasteiger partial charge in [0.2, 0.25) is 0 Å². The Labute approximate surface area is 276 Å². The SMILES string of the molecule is O=C(Nc1nc2ccccc2s1)c1cccc2c1CN(c1ccc(-c3cnn(CC45CC6CC(CC(C6)C4)C5)c3)c(C(=O)O)n1)CC2. The zero-order chi connectivity index (χ0) is 31.7. The number of hydrogen-bond acceptors (Lipinski definition) is 7. The third-order valence-electron chi connectivity index (χ3n) is 11.0. The number of nitrogens with zero attached hydrogens (tertiary/aromatic N) is 5. The molecule has 10 heteroatoms. The Morgan fingerprint density at radius 1 is 0.957 bits per heavy atom. The fourth-order valence-corrected chi connectivity index (χ4v) is 10.4. The summed E-state index contributed by atoms with van der Waals surface area (Å²) < 4.78 is 3.06. The molecule has 0 saturated heterocycles. The molecule has 1 aliphatic heterocycles. The number of carbonyl (C=O) groups excluding carboxylic acids is 1. The van der Waals surface area contributed by atoms with E-state index >= 15 is 0 Å². The largest absolute Gasteiger partial charge is 0.476 e. The Bertz CT molecular complexity index is 1980. The van der Waals surface area contributed by atoms with E-state index in [1.165, 1.54) is 49.9 Å². The lowest BCUT2D eigenvalue weighted by molar-refractivity contribution is -0.0635. The van der Waals surface area contributed by atoms with Crippen molar-refractivity contribution in [1.29, 1.82) is 0 Å². The van der Waals surface area contributed by atoms with Crippen molar-refractivity contribution < 1.29 is 14.7 Å². The first-order valence-corrected chi connectivity index (χ1v) is 17.5. The number of rotatable bonds is 7. The van der Waals surface area contributed by atoms with Crippen LogP contribution in [0.25, 0.3) is 21.3 Å². The molecule has 5 aliphatic rings. The summed E-state index contributed by atoms with van der Waals surface area (Å²) in [6, 6.07) is 17.4. The summed E-state index contributed by atoms with van der Waals surface area (Å²) in [7, 11) is 0. The molecule has 0 unspecified atom stereocenters. The van der Waals surface area contributed by atoms with E-state index in [0.717, 1.165) is 57.6 Å². The lowest BCUT2D eigenvalue weighted by Gasteiger charge is -2.56. The van der Waals surface area contributed by atoms with Gasteiger partial charge in [0.1, 0.15) is 5.82 Å². The van der Waals surface area contributed by atoms with Crippen LogP contribution in [0.1, 0.15) is 70.5 Å². The van der Waals surface area contributed by atoms with Crippen LogP contribution in [0.5, 0.6) is 0 Å². The molecule has 4 bridgehead atoms. The molecule has 0 radical (unpaired) electrons. The minimum atomic E-state index is -1.07. The van der Waals surface area contributed by atoms with Crippen LogP contribution in [0.2, 0.25) is 0 Å². The summed E-state index contributed by atoms with van der Waals surface area (Å²) in [6.45, 7) is 2.03. The van der Waals surface area contributed by atoms with Crippen LogP contribution < -0.4 is 10.2 Å². The van der Waals surface area contributed by atoms with Gasteiger partial charge in [-0.05, 0) is 110 Å². The van der Waals surface area contributed by atoms with Crippen LogP contribution in [-0.4, -0.2) is 43.3 Å². The Hall–Kier alpha value is -4.57. The molecule has 0 atom stereocenters. The first kappa shape index (κ1) is 28.6. The average molecular weight is 645 g/mol. The number of anilines is 2. The fourth-order valence-electron chi connectivity index (χ4n) is 9.52. The zero-order valence-corrected chi connectivity index (χ0v) is 26.9. The number of aromatic carboxylic acids is 1. The van der Waals surface area contributed by atoms with Crippen molar-refractivity contribution in [3.05, 3.63) is 89.4 Å². The Kier molecular flexibility index (Phi) is 6.71. The molecule has 2 N–H and O–H groups in total. The van der Waals surface area contributed by atoms with Crippen LogP contribution in [0.3, 0.4) is 0 Å². The molecule has 4 fully saturated rings. The summed E-state index contributed by atoms with van der Waals surface area (Å²) in [5, 5.41) is 18.5. The molecular formula is C37H36N6O3S. The molecule has 4 aliphatic carbocycles. The normalized spacial score (nSPS) is 24.4. The van der Waals surface area contributed by atoms with E-state index < -0.39 is 5.97 Å². The monoisotopic (exact) mass is 644 g/mol. The third-order valence-corrected chi connectivity index (χ3v) is 12.0. The number of thiazole rings is 1. The number of pyridine rings is 1. The van der Waals surface area contributed by atoms with Crippen molar-refractivity contribution in [3.8, 4) is 11.1 Å². The van der Waals surface area contributed by atoms with E-state index in [0.29, 0.717) is 40.6 Å². The van der Waals surface area contributed by atoms with Crippen molar-refractivity contribution in [2.75, 3.05) is 16.8 Å². The predicted octanol–water partition coefficient (Wildman–Crippen LogP) is 7.28. The Balaban J connectivity index is 0.953. The van der Waals surface area contributed by atoms with Gasteiger partial charge in [-0.2, -0.15) is 5.10 Å². The summed E-state index contributed by atoms with van der Waals surface area (Å²) in [4.78, 5) is 37.3. The Morgan fingerprint density at radius 3 is 2.51 bits per heavy atom. The molecule has 9 nitrogen and oxygen atoms in total. The molecule has 238 valence electrons. The van der Waals surface area contributed by atoms with Gasteiger partial charge < -0.3 is 10.0 Å². The van der Waals surface area contributed by atoms with Gasteiger partial charge in [-0.3, -0.25) is 14.8 Å². The molecule has 2 aromatic carbocycles. The molecular weight excluding hydrogens is 609 g/mol. The number of benzene rings is 2. The second kappa shape index (κ2) is 11.0. The highest BCUT2D eigenvalue weighted by atomic mass is 32.1. The molecule has 1 amide bonds. The summed E-state index contributed by atoms with van der Waals surface area (Å²) in [5.74, 6) is 1.93. The molecule has 4 saturated carbocycles. The molecule has 4 heterocycles. The lowest BCUT2D eigenvalue weighted by atomic mass is 9.49. The summed E-state index contributed by atoms with van der Waals surface area (Å²) >= 11 is 1.45. The van der Waals surface area contributed by atoms with Crippen LogP contribution in [0, 0.1) is 23.2 Å². The highest BCUT2D eigenvalue weighted by molar-refractivity contribution is 7.22. The van der Waals surface area contributed by atoms with Gasteiger partial charge in [0.25, 0.3) is 5.91 Å². The second-order valence-electron chi connectivity index (χ2n) is 14.3. The van der Waals surface area contributed by atoms with Crippen LogP contribution in [0.15, 0.2) is 67.0 Å². The van der Waals surface area contributed by atoms with Gasteiger partial charge in [-0.15, -0.1) is 0 Å². The number of para-hydroxylation sites is 1. The van der Waals surface area contributed by atoms with Crippen molar-refractivity contribution in [2.45, 2.75) is 58.0 Å². The molecule has 47 heavy (non-hydrogen) atoms. The van der Waals surface area contributed by atoms with E-state index in [1.807, 2.05) is 59.4 Å². The first-order chi connectivity index (χ1) is 22.9. The predicted molar refractivity (Wildman–Crippen MR) is 182 cm³/mol. The summed E-state index contributed by atoms with van der Waals surface area (Å²) in [5.41, 5.74) is 5.19. The van der Waals surface area contributed by atoms with E-state index in [1.54, 1.807) is 6.20 Å². The number of fused-ring (bicyclic) bond motifs is 2. The van der Waals surface area contributed by atoms with Crippen LogP contribution in [-0.2, 0) is 19.5 Å². The average Bonchev–Trinajstić information content (AvgIpc) is 3.69. The number of hydrogen-bond donors (Lipinski definition) is 2. The Morgan fingerprint density at radius 2 is 1.74 bits per heavy atom. The van der Waals surface area contributed by atoms with Gasteiger partial charge in [0.15, 0.2) is 10.8 Å². The number of nitrogens with one attached hydrogen (secondary N) is 1. The lowest BCUT2D eigenvalue weighted by Crippen LogP contribution is -2.47. The number of amides is 1. The minimum Gasteiger partial charge on any atom is -0.476 e. The fraction of sp³-hybridized carbons (Fsp3) is 0.378. The third kappa shape index (κ3) is 5.19. The summed E-state index contributed by atoms with van der Waals surface area (Å²) in [6.07, 6.45) is 12.6. The number of carboxylic acids is 1. The maximum absolute atomic E-state index is 13.5. The second-order valence-corrected chi connectivity index (χ2v) is 15.3. The van der Waals surface area contributed by atoms with Gasteiger partial charge in [0.05, 0.1) is 16.4 Å². The van der Waals surface area contributed by atoms with Gasteiger partial charge >= 0.3 is 5.97 Å². The van der Waals surface area contributed by atoms with Gasteiger partial charge in [-0.25, -0.2) is 14.8 Å². The molecule has 5 aromatic rings. The highest BCUT2D eigenvalue weighted by Gasteiger charge is 2.51. The number of aromatic nitrogens is 4. The maximum atomic E-state index is 13.5. The van der Waals surface area contributed by atoms with Gasteiger partial charge in [0, 0.05) is 42.5 Å². The number of carboxylic acid groups (broad SMARTS) is 1. The van der Waals surface area contributed by atoms with Crippen LogP contribution in [0.4, 0.5) is 10.9 Å². The van der Waals surface area contributed by atoms with Crippen molar-refractivity contribution >= 4 is 44.4 Å². The quantitative estimate of drug-likeness (QED) is 0.191. The minimum absolute atomic E-state index is 0.0181. The van der Waals surface area contributed by atoms with E-state index in [9.17, 15) is 14.7 Å². The van der Waals surface area contributed by atoms with Crippen molar-refractivity contribution in [2.24, 2.45) is 23.2 Å². The topological polar surface area (TPSA) is 113 Å². The highest BCUT2D eigenvalue weighted by Crippen LogP contribution is 2.60. The van der Waals surface area contributed by atoms with Crippen molar-refractivity contribution in [1.82, 2.24) is 19.7 Å². The van der Waals surface area contributed by atoms with E-state index in [-0.39, 0.29) is 11.6 Å². The van der Waals surface area contributed by atoms with Gasteiger partial charge in [-0.1, -0.05) is 35.6 Å². The maximum Gasteiger partial charge on any atom is 0.355 e. The van der Waals surface area contributed by atoms with Crippen molar-refractivity contribution in [3.63, 3.8) is 0 Å². The van der Waals surface area contributed by atoms with E-state index in [2.05, 4.69) is 26.3 Å².